The molecule has 2 aromatic rings. The number of hydrogen-bond donors (Lipinski definition) is 1. The Labute approximate surface area is 203 Å². The Morgan fingerprint density at radius 1 is 1.22 bits per heavy atom. The average molecular weight is 526 g/mol. The summed E-state index contributed by atoms with van der Waals surface area (Å²) in [5.74, 6) is 0.665. The first-order valence-corrected chi connectivity index (χ1v) is 11.8. The number of rotatable bonds is 5. The van der Waals surface area contributed by atoms with Crippen LogP contribution in [0.25, 0.3) is 0 Å². The Morgan fingerprint density at radius 2 is 1.91 bits per heavy atom. The third-order valence-corrected chi connectivity index (χ3v) is 6.06. The molecule has 174 valence electrons. The highest BCUT2D eigenvalue weighted by Gasteiger charge is 2.32. The maximum atomic E-state index is 12.5. The molecule has 1 aliphatic rings. The molecule has 0 aliphatic carbocycles. The van der Waals surface area contributed by atoms with Crippen molar-refractivity contribution in [3.8, 4) is 5.75 Å². The molecule has 1 saturated heterocycles. The normalized spacial score (nSPS) is 17.8. The van der Waals surface area contributed by atoms with Crippen molar-refractivity contribution in [2.24, 2.45) is 0 Å². The summed E-state index contributed by atoms with van der Waals surface area (Å²) < 4.78 is 12.4. The van der Waals surface area contributed by atoms with Crippen molar-refractivity contribution < 1.29 is 19.4 Å². The van der Waals surface area contributed by atoms with Gasteiger partial charge in [0, 0.05) is 30.7 Å². The van der Waals surface area contributed by atoms with Crippen molar-refractivity contribution >= 4 is 39.3 Å². The minimum Gasteiger partial charge on any atom is -0.487 e. The number of carbonyl (C=O) groups is 1. The van der Waals surface area contributed by atoms with Crippen LogP contribution >= 0.6 is 27.5 Å². The molecule has 0 bridgehead atoms. The van der Waals surface area contributed by atoms with Gasteiger partial charge in [0.2, 0.25) is 0 Å². The minimum absolute atomic E-state index is 0.0231. The number of hydrogen-bond acceptors (Lipinski definition) is 5. The van der Waals surface area contributed by atoms with Crippen LogP contribution in [0.1, 0.15) is 39.4 Å². The number of halogens is 2. The highest BCUT2D eigenvalue weighted by molar-refractivity contribution is 9.10. The van der Waals surface area contributed by atoms with Crippen molar-refractivity contribution in [2.45, 2.75) is 45.4 Å². The van der Waals surface area contributed by atoms with Crippen LogP contribution in [0.4, 0.5) is 10.5 Å². The third kappa shape index (κ3) is 6.30. The number of piperazine rings is 1. The number of aliphatic hydroxyl groups is 1. The molecule has 0 saturated carbocycles. The van der Waals surface area contributed by atoms with Crippen LogP contribution in [0.5, 0.6) is 5.75 Å². The van der Waals surface area contributed by atoms with E-state index in [9.17, 15) is 9.90 Å². The van der Waals surface area contributed by atoms with Gasteiger partial charge >= 0.3 is 6.09 Å². The van der Waals surface area contributed by atoms with Crippen molar-refractivity contribution in [2.75, 3.05) is 31.1 Å². The van der Waals surface area contributed by atoms with E-state index in [2.05, 4.69) is 20.8 Å². The SMILES string of the molecule is CC1CN(c2cccc(Br)c2OCC(O)c2ccc(Cl)cc2)CCN1C(=O)OC(C)(C)C. The van der Waals surface area contributed by atoms with E-state index in [-0.39, 0.29) is 18.7 Å². The van der Waals surface area contributed by atoms with E-state index >= 15 is 0 Å². The molecule has 6 nitrogen and oxygen atoms in total. The second kappa shape index (κ2) is 10.3. The summed E-state index contributed by atoms with van der Waals surface area (Å²) in [6, 6.07) is 12.9. The average Bonchev–Trinajstić information content (AvgIpc) is 2.71. The molecule has 8 heteroatoms. The smallest absolute Gasteiger partial charge is 0.410 e. The van der Waals surface area contributed by atoms with E-state index in [0.29, 0.717) is 30.4 Å². The van der Waals surface area contributed by atoms with Gasteiger partial charge in [-0.05, 0) is 73.5 Å². The van der Waals surface area contributed by atoms with Gasteiger partial charge < -0.3 is 24.4 Å². The molecule has 2 unspecified atom stereocenters. The Hall–Kier alpha value is -1.96. The quantitative estimate of drug-likeness (QED) is 0.546. The lowest BCUT2D eigenvalue weighted by Crippen LogP contribution is -2.55. The van der Waals surface area contributed by atoms with Gasteiger partial charge in [0.1, 0.15) is 18.3 Å². The van der Waals surface area contributed by atoms with Crippen LogP contribution in [0, 0.1) is 0 Å². The summed E-state index contributed by atoms with van der Waals surface area (Å²) in [6.07, 6.45) is -1.07. The maximum absolute atomic E-state index is 12.5. The Bertz CT molecular complexity index is 933. The van der Waals surface area contributed by atoms with Gasteiger partial charge in [-0.1, -0.05) is 29.8 Å². The fraction of sp³-hybridized carbons (Fsp3) is 0.458. The highest BCUT2D eigenvalue weighted by Crippen LogP contribution is 2.37. The van der Waals surface area contributed by atoms with Crippen LogP contribution in [0.3, 0.4) is 0 Å². The number of ether oxygens (including phenoxy) is 2. The summed E-state index contributed by atoms with van der Waals surface area (Å²) >= 11 is 9.51. The molecule has 1 amide bonds. The summed E-state index contributed by atoms with van der Waals surface area (Å²) in [6.45, 7) is 9.57. The predicted octanol–water partition coefficient (Wildman–Crippen LogP) is 5.66. The van der Waals surface area contributed by atoms with E-state index in [1.54, 1.807) is 29.2 Å². The van der Waals surface area contributed by atoms with Gasteiger partial charge in [0.25, 0.3) is 0 Å². The Kier molecular flexibility index (Phi) is 7.96. The number of para-hydroxylation sites is 1. The molecule has 2 aromatic carbocycles. The lowest BCUT2D eigenvalue weighted by Gasteiger charge is -2.41. The molecule has 0 aromatic heterocycles. The fourth-order valence-electron chi connectivity index (χ4n) is 3.60. The molecule has 0 spiro atoms. The van der Waals surface area contributed by atoms with E-state index in [0.717, 1.165) is 15.7 Å². The summed E-state index contributed by atoms with van der Waals surface area (Å²) in [7, 11) is 0. The van der Waals surface area contributed by atoms with E-state index in [1.165, 1.54) is 0 Å². The molecule has 1 heterocycles. The predicted molar refractivity (Wildman–Crippen MR) is 131 cm³/mol. The summed E-state index contributed by atoms with van der Waals surface area (Å²) in [5, 5.41) is 11.2. The lowest BCUT2D eigenvalue weighted by atomic mass is 10.1. The molecule has 32 heavy (non-hydrogen) atoms. The number of carbonyl (C=O) groups excluding carboxylic acids is 1. The number of aliphatic hydroxyl groups excluding tert-OH is 1. The first kappa shape index (κ1) is 24.7. The number of benzene rings is 2. The van der Waals surface area contributed by atoms with E-state index in [1.807, 2.05) is 45.9 Å². The Morgan fingerprint density at radius 3 is 2.53 bits per heavy atom. The first-order valence-electron chi connectivity index (χ1n) is 10.6. The van der Waals surface area contributed by atoms with Gasteiger partial charge in [-0.3, -0.25) is 0 Å². The van der Waals surface area contributed by atoms with Crippen LogP contribution in [0.15, 0.2) is 46.9 Å². The van der Waals surface area contributed by atoms with Crippen molar-refractivity contribution in [3.63, 3.8) is 0 Å². The zero-order valence-corrected chi connectivity index (χ0v) is 21.2. The van der Waals surface area contributed by atoms with Crippen molar-refractivity contribution in [1.29, 1.82) is 0 Å². The summed E-state index contributed by atoms with van der Waals surface area (Å²) in [5.41, 5.74) is 1.13. The monoisotopic (exact) mass is 524 g/mol. The van der Waals surface area contributed by atoms with Crippen molar-refractivity contribution in [3.05, 3.63) is 57.5 Å². The van der Waals surface area contributed by atoms with Crippen LogP contribution in [0.2, 0.25) is 5.02 Å². The topological polar surface area (TPSA) is 62.2 Å². The van der Waals surface area contributed by atoms with Crippen LogP contribution < -0.4 is 9.64 Å². The molecule has 1 aliphatic heterocycles. The molecular weight excluding hydrogens is 496 g/mol. The van der Waals surface area contributed by atoms with Gasteiger partial charge in [-0.15, -0.1) is 0 Å². The first-order chi connectivity index (χ1) is 15.0. The second-order valence-electron chi connectivity index (χ2n) is 8.94. The number of amides is 1. The second-order valence-corrected chi connectivity index (χ2v) is 10.2. The molecule has 1 fully saturated rings. The van der Waals surface area contributed by atoms with E-state index < -0.39 is 11.7 Å². The fourth-order valence-corrected chi connectivity index (χ4v) is 4.20. The molecule has 1 N–H and O–H groups in total. The highest BCUT2D eigenvalue weighted by atomic mass is 79.9. The third-order valence-electron chi connectivity index (χ3n) is 5.18. The van der Waals surface area contributed by atoms with Crippen LogP contribution in [-0.2, 0) is 4.74 Å². The number of anilines is 1. The van der Waals surface area contributed by atoms with Crippen molar-refractivity contribution in [1.82, 2.24) is 4.90 Å². The van der Waals surface area contributed by atoms with Gasteiger partial charge in [0.05, 0.1) is 10.2 Å². The largest absolute Gasteiger partial charge is 0.487 e. The Balaban J connectivity index is 1.69. The molecule has 3 rings (SSSR count). The molecule has 0 radical (unpaired) electrons. The van der Waals surface area contributed by atoms with Gasteiger partial charge in [-0.2, -0.15) is 0 Å². The van der Waals surface area contributed by atoms with Gasteiger partial charge in [0.15, 0.2) is 5.75 Å². The minimum atomic E-state index is -0.782. The summed E-state index contributed by atoms with van der Waals surface area (Å²) in [4.78, 5) is 16.5. The van der Waals surface area contributed by atoms with E-state index in [4.69, 9.17) is 21.1 Å². The van der Waals surface area contributed by atoms with Crippen LogP contribution in [-0.4, -0.2) is 54.0 Å². The standard InChI is InChI=1S/C24H30BrClN2O4/c1-16-14-27(12-13-28(16)23(30)32-24(2,3)4)20-7-5-6-19(25)22(20)31-15-21(29)17-8-10-18(26)11-9-17/h5-11,16,21,29H,12-15H2,1-4H3. The molecular formula is C24H30BrClN2O4. The zero-order valence-electron chi connectivity index (χ0n) is 18.8. The molecule has 2 atom stereocenters. The maximum Gasteiger partial charge on any atom is 0.410 e. The van der Waals surface area contributed by atoms with Gasteiger partial charge in [-0.25, -0.2) is 4.79 Å². The zero-order chi connectivity index (χ0) is 23.5. The number of nitrogens with zero attached hydrogens (tertiary/aromatic N) is 2. The lowest BCUT2D eigenvalue weighted by molar-refractivity contribution is 0.0158.